The monoisotopic (exact) mass is 304 g/mol. The van der Waals surface area contributed by atoms with Crippen LogP contribution in [0.25, 0.3) is 0 Å². The van der Waals surface area contributed by atoms with Gasteiger partial charge in [0.25, 0.3) is 5.88 Å². The van der Waals surface area contributed by atoms with Gasteiger partial charge in [0.05, 0.1) is 10.0 Å². The van der Waals surface area contributed by atoms with Gasteiger partial charge in [0.15, 0.2) is 17.5 Å². The van der Waals surface area contributed by atoms with E-state index < -0.39 is 11.6 Å². The summed E-state index contributed by atoms with van der Waals surface area (Å²) in [6.45, 7) is 0. The summed E-state index contributed by atoms with van der Waals surface area (Å²) in [6, 6.07) is 5.09. The summed E-state index contributed by atoms with van der Waals surface area (Å²) < 4.78 is 32.0. The predicted octanol–water partition coefficient (Wildman–Crippen LogP) is 4.50. The third-order valence-electron chi connectivity index (χ3n) is 2.24. The second-order valence-electron chi connectivity index (χ2n) is 3.53. The zero-order chi connectivity index (χ0) is 14.0. The summed E-state index contributed by atoms with van der Waals surface area (Å²) in [4.78, 5) is 3.68. The highest BCUT2D eigenvalue weighted by Crippen LogP contribution is 2.30. The standard InChI is InChI=1S/C12H8Cl2F2N2O/c1-17-11-9(15)5-10(16)12(18-11)19-6-2-3-7(13)8(14)4-6/h2-5H,1H3,(H,17,18). The Hall–Kier alpha value is -1.59. The van der Waals surface area contributed by atoms with Crippen molar-refractivity contribution < 1.29 is 13.5 Å². The zero-order valence-corrected chi connectivity index (χ0v) is 11.2. The van der Waals surface area contributed by atoms with Crippen LogP contribution < -0.4 is 10.1 Å². The normalized spacial score (nSPS) is 10.4. The number of rotatable bonds is 3. The minimum absolute atomic E-state index is 0.114. The maximum atomic E-state index is 13.5. The van der Waals surface area contributed by atoms with Crippen LogP contribution in [0.15, 0.2) is 24.3 Å². The summed E-state index contributed by atoms with van der Waals surface area (Å²) in [5, 5.41) is 3.09. The molecule has 1 N–H and O–H groups in total. The molecule has 3 nitrogen and oxygen atoms in total. The number of hydrogen-bond acceptors (Lipinski definition) is 3. The molecule has 0 bridgehead atoms. The van der Waals surface area contributed by atoms with Crippen molar-refractivity contribution in [3.63, 3.8) is 0 Å². The van der Waals surface area contributed by atoms with Crippen molar-refractivity contribution in [2.45, 2.75) is 0 Å². The quantitative estimate of drug-likeness (QED) is 0.906. The van der Waals surface area contributed by atoms with Gasteiger partial charge in [-0.2, -0.15) is 4.98 Å². The van der Waals surface area contributed by atoms with Crippen LogP contribution >= 0.6 is 23.2 Å². The maximum absolute atomic E-state index is 13.5. The molecule has 100 valence electrons. The zero-order valence-electron chi connectivity index (χ0n) is 9.68. The van der Waals surface area contributed by atoms with Gasteiger partial charge >= 0.3 is 0 Å². The van der Waals surface area contributed by atoms with E-state index in [2.05, 4.69) is 10.3 Å². The Kier molecular flexibility index (Phi) is 4.07. The van der Waals surface area contributed by atoms with Crippen molar-refractivity contribution in [3.8, 4) is 11.6 Å². The number of nitrogens with one attached hydrogen (secondary N) is 1. The first-order valence-corrected chi connectivity index (χ1v) is 5.93. The number of benzene rings is 1. The molecule has 0 aliphatic carbocycles. The number of pyridine rings is 1. The first kappa shape index (κ1) is 13.8. The van der Waals surface area contributed by atoms with E-state index in [0.717, 1.165) is 0 Å². The van der Waals surface area contributed by atoms with E-state index in [0.29, 0.717) is 11.1 Å². The van der Waals surface area contributed by atoms with Crippen LogP contribution in [-0.4, -0.2) is 12.0 Å². The Morgan fingerprint density at radius 2 is 1.84 bits per heavy atom. The molecule has 1 heterocycles. The van der Waals surface area contributed by atoms with Crippen molar-refractivity contribution >= 4 is 29.0 Å². The minimum atomic E-state index is -0.914. The Morgan fingerprint density at radius 3 is 2.47 bits per heavy atom. The summed E-state index contributed by atoms with van der Waals surface area (Å²) >= 11 is 11.6. The molecule has 0 amide bonds. The number of nitrogens with zero attached hydrogens (tertiary/aromatic N) is 1. The first-order chi connectivity index (χ1) is 9.01. The van der Waals surface area contributed by atoms with Gasteiger partial charge in [-0.05, 0) is 12.1 Å². The Morgan fingerprint density at radius 1 is 1.11 bits per heavy atom. The lowest BCUT2D eigenvalue weighted by Gasteiger charge is -2.09. The van der Waals surface area contributed by atoms with Crippen molar-refractivity contribution in [1.82, 2.24) is 4.98 Å². The molecule has 1 aromatic carbocycles. The van der Waals surface area contributed by atoms with Gasteiger partial charge in [-0.1, -0.05) is 23.2 Å². The van der Waals surface area contributed by atoms with E-state index in [-0.39, 0.29) is 22.5 Å². The van der Waals surface area contributed by atoms with E-state index in [1.807, 2.05) is 0 Å². The molecule has 0 fully saturated rings. The fourth-order valence-electron chi connectivity index (χ4n) is 1.35. The molecule has 2 aromatic rings. The van der Waals surface area contributed by atoms with Crippen molar-refractivity contribution in [2.75, 3.05) is 12.4 Å². The van der Waals surface area contributed by atoms with Crippen molar-refractivity contribution in [2.24, 2.45) is 0 Å². The molecular formula is C12H8Cl2F2N2O. The van der Waals surface area contributed by atoms with Gasteiger partial charge < -0.3 is 10.1 Å². The summed E-state index contributed by atoms with van der Waals surface area (Å²) in [5.41, 5.74) is 0. The third-order valence-corrected chi connectivity index (χ3v) is 2.98. The van der Waals surface area contributed by atoms with Crippen LogP contribution in [-0.2, 0) is 0 Å². The van der Waals surface area contributed by atoms with Crippen LogP contribution in [0, 0.1) is 11.6 Å². The Labute approximate surface area is 118 Å². The molecule has 1 aromatic heterocycles. The highest BCUT2D eigenvalue weighted by molar-refractivity contribution is 6.42. The molecular weight excluding hydrogens is 297 g/mol. The predicted molar refractivity (Wildman–Crippen MR) is 70.2 cm³/mol. The van der Waals surface area contributed by atoms with Crippen LogP contribution in [0.3, 0.4) is 0 Å². The van der Waals surface area contributed by atoms with Crippen LogP contribution in [0.1, 0.15) is 0 Å². The average molecular weight is 305 g/mol. The molecule has 0 saturated carbocycles. The van der Waals surface area contributed by atoms with Gasteiger partial charge in [0, 0.05) is 19.2 Å². The van der Waals surface area contributed by atoms with E-state index in [4.69, 9.17) is 27.9 Å². The van der Waals surface area contributed by atoms with E-state index in [9.17, 15) is 8.78 Å². The Bertz CT molecular complexity index is 623. The lowest BCUT2D eigenvalue weighted by atomic mass is 10.3. The fraction of sp³-hybridized carbons (Fsp3) is 0.0833. The van der Waals surface area contributed by atoms with Gasteiger partial charge in [0.1, 0.15) is 5.75 Å². The van der Waals surface area contributed by atoms with Crippen molar-refractivity contribution in [1.29, 1.82) is 0 Å². The summed E-state index contributed by atoms with van der Waals surface area (Å²) in [7, 11) is 1.46. The van der Waals surface area contributed by atoms with Gasteiger partial charge in [-0.15, -0.1) is 0 Å². The molecule has 0 saturated heterocycles. The van der Waals surface area contributed by atoms with E-state index in [1.54, 1.807) is 0 Å². The second kappa shape index (κ2) is 5.59. The number of aromatic nitrogens is 1. The van der Waals surface area contributed by atoms with E-state index in [1.165, 1.54) is 25.2 Å². The average Bonchev–Trinajstić information content (AvgIpc) is 2.37. The number of ether oxygens (including phenoxy) is 1. The lowest BCUT2D eigenvalue weighted by molar-refractivity contribution is 0.418. The fourth-order valence-corrected chi connectivity index (χ4v) is 1.64. The smallest absolute Gasteiger partial charge is 0.258 e. The molecule has 19 heavy (non-hydrogen) atoms. The topological polar surface area (TPSA) is 34.2 Å². The SMILES string of the molecule is CNc1nc(Oc2ccc(Cl)c(Cl)c2)c(F)cc1F. The maximum Gasteiger partial charge on any atom is 0.258 e. The second-order valence-corrected chi connectivity index (χ2v) is 4.35. The molecule has 7 heteroatoms. The van der Waals surface area contributed by atoms with Crippen molar-refractivity contribution in [3.05, 3.63) is 45.9 Å². The number of halogens is 4. The summed E-state index contributed by atoms with van der Waals surface area (Å²) in [6.07, 6.45) is 0. The molecule has 0 spiro atoms. The molecule has 0 unspecified atom stereocenters. The van der Waals surface area contributed by atoms with Gasteiger partial charge in [-0.3, -0.25) is 0 Å². The van der Waals surface area contributed by atoms with Crippen LogP contribution in [0.5, 0.6) is 11.6 Å². The first-order valence-electron chi connectivity index (χ1n) is 5.18. The number of anilines is 1. The number of hydrogen-bond donors (Lipinski definition) is 1. The summed E-state index contributed by atoms with van der Waals surface area (Å²) in [5.74, 6) is -1.95. The van der Waals surface area contributed by atoms with Gasteiger partial charge in [-0.25, -0.2) is 8.78 Å². The molecule has 0 aliphatic rings. The minimum Gasteiger partial charge on any atom is -0.436 e. The molecule has 0 radical (unpaired) electrons. The Balaban J connectivity index is 2.34. The molecule has 0 atom stereocenters. The highest BCUT2D eigenvalue weighted by Gasteiger charge is 2.13. The van der Waals surface area contributed by atoms with Crippen LogP contribution in [0.2, 0.25) is 10.0 Å². The van der Waals surface area contributed by atoms with Gasteiger partial charge in [0.2, 0.25) is 0 Å². The third kappa shape index (κ3) is 3.05. The van der Waals surface area contributed by atoms with E-state index >= 15 is 0 Å². The molecule has 0 aliphatic heterocycles. The highest BCUT2D eigenvalue weighted by atomic mass is 35.5. The largest absolute Gasteiger partial charge is 0.436 e. The lowest BCUT2D eigenvalue weighted by Crippen LogP contribution is -2.01. The molecule has 2 rings (SSSR count). The van der Waals surface area contributed by atoms with Crippen LogP contribution in [0.4, 0.5) is 14.6 Å².